The van der Waals surface area contributed by atoms with E-state index in [1.807, 2.05) is 6.92 Å². The van der Waals surface area contributed by atoms with Crippen LogP contribution >= 0.6 is 9.39 Å². The first-order chi connectivity index (χ1) is 3.18. The predicted octanol–water partition coefficient (Wildman–Crippen LogP) is 0.344. The largest absolute Gasteiger partial charge is 0.298 e. The number of hydrogen-bond acceptors (Lipinski definition) is 2. The minimum absolute atomic E-state index is 0.0231. The molecule has 0 aromatic rings. The van der Waals surface area contributed by atoms with Gasteiger partial charge in [0.05, 0.1) is 6.04 Å². The molecule has 1 N–H and O–H groups in total. The minimum atomic E-state index is -0.0231. The number of nitrogens with one attached hydrogen (secondary N) is 1. The Balaban J connectivity index is 3.34. The van der Waals surface area contributed by atoms with Gasteiger partial charge in [0.25, 0.3) is 0 Å². The molecule has 0 radical (unpaired) electrons. The lowest BCUT2D eigenvalue weighted by Gasteiger charge is -2.01. The summed E-state index contributed by atoms with van der Waals surface area (Å²) in [6.07, 6.45) is 0. The van der Waals surface area contributed by atoms with Crippen LogP contribution in [0.5, 0.6) is 0 Å². The fourth-order valence-electron chi connectivity index (χ4n) is 0.117. The monoisotopic (exact) mass is 119 g/mol. The third-order valence-electron chi connectivity index (χ3n) is 0.860. The molecule has 0 aliphatic heterocycles. The molecule has 0 bridgehead atoms. The molecular weight excluding hydrogens is 109 g/mol. The highest BCUT2D eigenvalue weighted by atomic mass is 31.0. The van der Waals surface area contributed by atoms with Crippen molar-refractivity contribution >= 4 is 15.2 Å². The van der Waals surface area contributed by atoms with Gasteiger partial charge in [0, 0.05) is 0 Å². The summed E-state index contributed by atoms with van der Waals surface area (Å²) in [7, 11) is 2.29. The van der Waals surface area contributed by atoms with E-state index < -0.39 is 0 Å². The lowest BCUT2D eigenvalue weighted by molar-refractivity contribution is -0.118. The van der Waals surface area contributed by atoms with Gasteiger partial charge in [0.2, 0.25) is 0 Å². The molecule has 0 aromatic heterocycles. The third-order valence-corrected chi connectivity index (χ3v) is 1.36. The maximum atomic E-state index is 10.3. The Kier molecular flexibility index (Phi) is 3.14. The second kappa shape index (κ2) is 3.11. The summed E-state index contributed by atoms with van der Waals surface area (Å²) < 4.78 is 0. The summed E-state index contributed by atoms with van der Waals surface area (Å²) in [5, 5.41) is 2.73. The molecule has 0 aromatic carbocycles. The quantitative estimate of drug-likeness (QED) is 0.531. The van der Waals surface area contributed by atoms with E-state index in [9.17, 15) is 4.79 Å². The topological polar surface area (TPSA) is 29.1 Å². The molecule has 0 amide bonds. The number of Topliss-reactive ketones (excluding diaryl/α,β-unsaturated/α-hetero) is 1. The molecule has 2 nitrogen and oxygen atoms in total. The molecule has 1 unspecified atom stereocenters. The highest BCUT2D eigenvalue weighted by Gasteiger charge is 2.00. The van der Waals surface area contributed by atoms with Gasteiger partial charge < -0.3 is 0 Å². The summed E-state index contributed by atoms with van der Waals surface area (Å²) >= 11 is 0. The van der Waals surface area contributed by atoms with Crippen molar-refractivity contribution in [3.63, 3.8) is 0 Å². The van der Waals surface area contributed by atoms with Gasteiger partial charge in [-0.15, -0.1) is 0 Å². The molecule has 0 aliphatic carbocycles. The second-order valence-electron chi connectivity index (χ2n) is 1.50. The van der Waals surface area contributed by atoms with Gasteiger partial charge in [0.15, 0.2) is 0 Å². The van der Waals surface area contributed by atoms with E-state index in [0.717, 1.165) is 0 Å². The van der Waals surface area contributed by atoms with Gasteiger partial charge in [-0.2, -0.15) is 0 Å². The Morgan fingerprint density at radius 1 is 1.86 bits per heavy atom. The zero-order chi connectivity index (χ0) is 5.86. The van der Waals surface area contributed by atoms with Crippen molar-refractivity contribution in [2.24, 2.45) is 0 Å². The van der Waals surface area contributed by atoms with Crippen LogP contribution in [-0.4, -0.2) is 11.8 Å². The average molecular weight is 119 g/mol. The zero-order valence-corrected chi connectivity index (χ0v) is 5.72. The van der Waals surface area contributed by atoms with Crippen molar-refractivity contribution in [1.82, 2.24) is 5.09 Å². The van der Waals surface area contributed by atoms with E-state index in [-0.39, 0.29) is 11.8 Å². The number of hydrogen-bond donors (Lipinski definition) is 1. The molecule has 0 saturated carbocycles. The van der Waals surface area contributed by atoms with E-state index in [1.54, 1.807) is 6.92 Å². The maximum Gasteiger partial charge on any atom is 0.146 e. The molecule has 0 saturated heterocycles. The fraction of sp³-hybridized carbons (Fsp3) is 0.750. The average Bonchev–Trinajstić information content (AvgIpc) is 1.65. The molecule has 7 heavy (non-hydrogen) atoms. The number of carbonyl (C=O) groups is 1. The van der Waals surface area contributed by atoms with E-state index >= 15 is 0 Å². The van der Waals surface area contributed by atoms with Crippen molar-refractivity contribution in [2.75, 3.05) is 0 Å². The Labute approximate surface area is 45.9 Å². The summed E-state index contributed by atoms with van der Waals surface area (Å²) in [6, 6.07) is -0.0231. The Bertz CT molecular complexity index is 74.1. The SMILES string of the molecule is CC(=O)[C@H](C)NP. The molecule has 0 aliphatic rings. The maximum absolute atomic E-state index is 10.3. The Morgan fingerprint density at radius 2 is 2.29 bits per heavy atom. The molecule has 0 spiro atoms. The standard InChI is InChI=1S/C4H10NOP/c1-3(5-7)4(2)6/h3,5H,7H2,1-2H3/t3-/m0/s1. The Hall–Kier alpha value is 0.0600. The van der Waals surface area contributed by atoms with Crippen LogP contribution in [0.15, 0.2) is 0 Å². The van der Waals surface area contributed by atoms with Crippen LogP contribution in [0, 0.1) is 0 Å². The van der Waals surface area contributed by atoms with Crippen LogP contribution in [0.3, 0.4) is 0 Å². The molecule has 42 valence electrons. The molecule has 0 heterocycles. The first-order valence-corrected chi connectivity index (χ1v) is 2.72. The number of rotatable bonds is 2. The Morgan fingerprint density at radius 3 is 2.29 bits per heavy atom. The van der Waals surface area contributed by atoms with Crippen molar-refractivity contribution in [1.29, 1.82) is 0 Å². The smallest absolute Gasteiger partial charge is 0.146 e. The van der Waals surface area contributed by atoms with Crippen LogP contribution < -0.4 is 5.09 Å². The van der Waals surface area contributed by atoms with Crippen LogP contribution in [-0.2, 0) is 4.79 Å². The van der Waals surface area contributed by atoms with Gasteiger partial charge in [0.1, 0.15) is 5.78 Å². The molecule has 0 rings (SSSR count). The van der Waals surface area contributed by atoms with Crippen LogP contribution in [0.2, 0.25) is 0 Å². The fourth-order valence-corrected chi connectivity index (χ4v) is 0.352. The van der Waals surface area contributed by atoms with Gasteiger partial charge in [-0.1, -0.05) is 9.39 Å². The molecule has 3 heteroatoms. The highest BCUT2D eigenvalue weighted by Crippen LogP contribution is 1.84. The first kappa shape index (κ1) is 7.06. The van der Waals surface area contributed by atoms with Gasteiger partial charge in [-0.05, 0) is 13.8 Å². The van der Waals surface area contributed by atoms with Crippen molar-refractivity contribution < 1.29 is 4.79 Å². The van der Waals surface area contributed by atoms with Crippen molar-refractivity contribution in [3.8, 4) is 0 Å². The van der Waals surface area contributed by atoms with E-state index in [0.29, 0.717) is 0 Å². The number of carbonyl (C=O) groups excluding carboxylic acids is 1. The first-order valence-electron chi connectivity index (χ1n) is 2.15. The van der Waals surface area contributed by atoms with Gasteiger partial charge in [-0.3, -0.25) is 9.88 Å². The summed E-state index contributed by atoms with van der Waals surface area (Å²) in [5.74, 6) is 0.162. The predicted molar refractivity (Wildman–Crippen MR) is 33.0 cm³/mol. The van der Waals surface area contributed by atoms with Gasteiger partial charge in [-0.25, -0.2) is 0 Å². The summed E-state index contributed by atoms with van der Waals surface area (Å²) in [4.78, 5) is 10.3. The molecule has 2 atom stereocenters. The van der Waals surface area contributed by atoms with Crippen LogP contribution in [0.4, 0.5) is 0 Å². The molecular formula is C4H10NOP. The van der Waals surface area contributed by atoms with Crippen molar-refractivity contribution in [3.05, 3.63) is 0 Å². The van der Waals surface area contributed by atoms with E-state index in [2.05, 4.69) is 14.5 Å². The lowest BCUT2D eigenvalue weighted by Crippen LogP contribution is -2.23. The van der Waals surface area contributed by atoms with Gasteiger partial charge >= 0.3 is 0 Å². The third kappa shape index (κ3) is 2.72. The highest BCUT2D eigenvalue weighted by molar-refractivity contribution is 7.13. The summed E-state index contributed by atoms with van der Waals surface area (Å²) in [6.45, 7) is 3.37. The minimum Gasteiger partial charge on any atom is -0.298 e. The summed E-state index contributed by atoms with van der Waals surface area (Å²) in [5.41, 5.74) is 0. The molecule has 0 fully saturated rings. The second-order valence-corrected chi connectivity index (χ2v) is 1.83. The van der Waals surface area contributed by atoms with Crippen LogP contribution in [0.25, 0.3) is 0 Å². The zero-order valence-electron chi connectivity index (χ0n) is 4.56. The van der Waals surface area contributed by atoms with Crippen LogP contribution in [0.1, 0.15) is 13.8 Å². The van der Waals surface area contributed by atoms with E-state index in [4.69, 9.17) is 0 Å². The van der Waals surface area contributed by atoms with Crippen molar-refractivity contribution in [2.45, 2.75) is 19.9 Å². The van der Waals surface area contributed by atoms with E-state index in [1.165, 1.54) is 0 Å². The normalized spacial score (nSPS) is 13.6. The number of ketones is 1. The lowest BCUT2D eigenvalue weighted by atomic mass is 10.3.